The molecule has 10 heavy (non-hydrogen) atoms. The predicted molar refractivity (Wildman–Crippen MR) is 44.1 cm³/mol. The van der Waals surface area contributed by atoms with Crippen LogP contribution in [-0.2, 0) is 0 Å². The molecule has 1 N–H and O–H groups in total. The molecule has 0 amide bonds. The Morgan fingerprint density at radius 2 is 2.20 bits per heavy atom. The molecule has 1 aliphatic rings. The summed E-state index contributed by atoms with van der Waals surface area (Å²) in [5.74, 6) is 0.870. The van der Waals surface area contributed by atoms with E-state index in [1.54, 1.807) is 0 Å². The molecule has 2 nitrogen and oxygen atoms in total. The highest BCUT2D eigenvalue weighted by Crippen LogP contribution is 2.14. The van der Waals surface area contributed by atoms with Crippen LogP contribution in [0.5, 0.6) is 0 Å². The van der Waals surface area contributed by atoms with Crippen LogP contribution in [0.4, 0.5) is 0 Å². The lowest BCUT2D eigenvalue weighted by atomic mass is 10.0. The second kappa shape index (κ2) is 3.35. The van der Waals surface area contributed by atoms with Crippen LogP contribution in [-0.4, -0.2) is 38.1 Å². The van der Waals surface area contributed by atoms with Gasteiger partial charge in [0, 0.05) is 12.6 Å². The summed E-state index contributed by atoms with van der Waals surface area (Å²) < 4.78 is 0. The van der Waals surface area contributed by atoms with Gasteiger partial charge in [-0.25, -0.2) is 0 Å². The summed E-state index contributed by atoms with van der Waals surface area (Å²) in [5, 5.41) is 3.45. The molecule has 1 saturated heterocycles. The zero-order valence-electron chi connectivity index (χ0n) is 7.22. The summed E-state index contributed by atoms with van der Waals surface area (Å²) in [6.45, 7) is 4.72. The van der Waals surface area contributed by atoms with Gasteiger partial charge in [-0.3, -0.25) is 0 Å². The fourth-order valence-electron chi connectivity index (χ4n) is 1.63. The minimum atomic E-state index is 0.724. The quantitative estimate of drug-likeness (QED) is 0.605. The van der Waals surface area contributed by atoms with Crippen molar-refractivity contribution >= 4 is 0 Å². The average molecular weight is 142 g/mol. The maximum Gasteiger partial charge on any atom is 0.00796 e. The van der Waals surface area contributed by atoms with E-state index >= 15 is 0 Å². The summed E-state index contributed by atoms with van der Waals surface area (Å²) in [6, 6.07) is 0.724. The van der Waals surface area contributed by atoms with Crippen molar-refractivity contribution in [2.24, 2.45) is 5.92 Å². The first-order valence-electron chi connectivity index (χ1n) is 4.08. The van der Waals surface area contributed by atoms with Crippen molar-refractivity contribution in [1.82, 2.24) is 10.2 Å². The highest BCUT2D eigenvalue weighted by Gasteiger charge is 2.22. The summed E-state index contributed by atoms with van der Waals surface area (Å²) in [7, 11) is 4.29. The van der Waals surface area contributed by atoms with Crippen LogP contribution in [0, 0.1) is 5.92 Å². The summed E-state index contributed by atoms with van der Waals surface area (Å²) >= 11 is 0. The van der Waals surface area contributed by atoms with Gasteiger partial charge < -0.3 is 10.2 Å². The Labute approximate surface area is 63.6 Å². The van der Waals surface area contributed by atoms with Crippen LogP contribution in [0.15, 0.2) is 0 Å². The highest BCUT2D eigenvalue weighted by atomic mass is 15.1. The summed E-state index contributed by atoms with van der Waals surface area (Å²) in [5.41, 5.74) is 0. The zero-order chi connectivity index (χ0) is 7.56. The Morgan fingerprint density at radius 1 is 1.50 bits per heavy atom. The molecule has 0 saturated carbocycles. The molecular formula is C8H18N2. The third kappa shape index (κ3) is 1.96. The fourth-order valence-corrected chi connectivity index (χ4v) is 1.63. The van der Waals surface area contributed by atoms with Crippen LogP contribution in [0.25, 0.3) is 0 Å². The van der Waals surface area contributed by atoms with Crippen molar-refractivity contribution < 1.29 is 0 Å². The number of hydrogen-bond acceptors (Lipinski definition) is 2. The topological polar surface area (TPSA) is 15.3 Å². The smallest absolute Gasteiger partial charge is 0.00796 e. The SMILES string of the molecule is C[C@@H]1NCC[C@@H]1CN(C)C. The standard InChI is InChI=1S/C8H18N2/c1-7-8(4-5-9-7)6-10(2)3/h7-9H,4-6H2,1-3H3/t7-,8+/m0/s1. The third-order valence-corrected chi connectivity index (χ3v) is 2.29. The molecule has 0 aliphatic carbocycles. The Kier molecular flexibility index (Phi) is 2.69. The molecule has 60 valence electrons. The second-order valence-corrected chi connectivity index (χ2v) is 3.55. The normalized spacial score (nSPS) is 33.6. The summed E-state index contributed by atoms with van der Waals surface area (Å²) in [4.78, 5) is 2.27. The molecule has 0 aromatic carbocycles. The molecule has 0 aromatic rings. The van der Waals surface area contributed by atoms with Crippen molar-refractivity contribution in [3.05, 3.63) is 0 Å². The Balaban J connectivity index is 2.26. The van der Waals surface area contributed by atoms with Crippen molar-refractivity contribution in [2.75, 3.05) is 27.2 Å². The van der Waals surface area contributed by atoms with Gasteiger partial charge in [0.25, 0.3) is 0 Å². The van der Waals surface area contributed by atoms with Crippen LogP contribution in [0.2, 0.25) is 0 Å². The molecule has 1 rings (SSSR count). The van der Waals surface area contributed by atoms with Crippen LogP contribution >= 0.6 is 0 Å². The first-order chi connectivity index (χ1) is 4.70. The van der Waals surface area contributed by atoms with Gasteiger partial charge in [-0.15, -0.1) is 0 Å². The van der Waals surface area contributed by atoms with Crippen molar-refractivity contribution in [2.45, 2.75) is 19.4 Å². The molecule has 0 aromatic heterocycles. The number of nitrogens with one attached hydrogen (secondary N) is 1. The maximum absolute atomic E-state index is 3.45. The van der Waals surface area contributed by atoms with Gasteiger partial charge >= 0.3 is 0 Å². The fraction of sp³-hybridized carbons (Fsp3) is 1.00. The van der Waals surface area contributed by atoms with E-state index in [0.29, 0.717) is 0 Å². The predicted octanol–water partition coefficient (Wildman–Crippen LogP) is 0.546. The van der Waals surface area contributed by atoms with Gasteiger partial charge in [-0.1, -0.05) is 0 Å². The first-order valence-corrected chi connectivity index (χ1v) is 4.08. The Bertz CT molecular complexity index is 101. The number of nitrogens with zero attached hydrogens (tertiary/aromatic N) is 1. The van der Waals surface area contributed by atoms with E-state index in [-0.39, 0.29) is 0 Å². The maximum atomic E-state index is 3.45. The molecule has 0 unspecified atom stereocenters. The zero-order valence-corrected chi connectivity index (χ0v) is 7.22. The van der Waals surface area contributed by atoms with Gasteiger partial charge in [0.2, 0.25) is 0 Å². The largest absolute Gasteiger partial charge is 0.314 e. The number of hydrogen-bond donors (Lipinski definition) is 1. The molecule has 1 aliphatic heterocycles. The van der Waals surface area contributed by atoms with E-state index in [9.17, 15) is 0 Å². The van der Waals surface area contributed by atoms with Crippen molar-refractivity contribution in [3.8, 4) is 0 Å². The van der Waals surface area contributed by atoms with Crippen LogP contribution < -0.4 is 5.32 Å². The molecule has 1 heterocycles. The van der Waals surface area contributed by atoms with Gasteiger partial charge in [-0.05, 0) is 39.9 Å². The van der Waals surface area contributed by atoms with Gasteiger partial charge in [0.15, 0.2) is 0 Å². The third-order valence-electron chi connectivity index (χ3n) is 2.29. The molecule has 2 heteroatoms. The minimum absolute atomic E-state index is 0.724. The van der Waals surface area contributed by atoms with Crippen molar-refractivity contribution in [1.29, 1.82) is 0 Å². The van der Waals surface area contributed by atoms with E-state index in [1.165, 1.54) is 19.5 Å². The average Bonchev–Trinajstić information content (AvgIpc) is 2.15. The number of rotatable bonds is 2. The molecule has 0 spiro atoms. The van der Waals surface area contributed by atoms with Crippen molar-refractivity contribution in [3.63, 3.8) is 0 Å². The second-order valence-electron chi connectivity index (χ2n) is 3.55. The Hall–Kier alpha value is -0.0800. The molecule has 1 fully saturated rings. The minimum Gasteiger partial charge on any atom is -0.314 e. The molecule has 0 radical (unpaired) electrons. The van der Waals surface area contributed by atoms with E-state index in [4.69, 9.17) is 0 Å². The van der Waals surface area contributed by atoms with E-state index in [1.807, 2.05) is 0 Å². The lowest BCUT2D eigenvalue weighted by Crippen LogP contribution is -2.30. The molecular weight excluding hydrogens is 124 g/mol. The van der Waals surface area contributed by atoms with Gasteiger partial charge in [0.1, 0.15) is 0 Å². The van der Waals surface area contributed by atoms with E-state index in [2.05, 4.69) is 31.2 Å². The monoisotopic (exact) mass is 142 g/mol. The first kappa shape index (κ1) is 8.02. The lowest BCUT2D eigenvalue weighted by molar-refractivity contribution is 0.310. The molecule has 2 atom stereocenters. The van der Waals surface area contributed by atoms with Crippen LogP contribution in [0.1, 0.15) is 13.3 Å². The lowest BCUT2D eigenvalue weighted by Gasteiger charge is -2.19. The summed E-state index contributed by atoms with van der Waals surface area (Å²) in [6.07, 6.45) is 1.35. The Morgan fingerprint density at radius 3 is 2.60 bits per heavy atom. The van der Waals surface area contributed by atoms with Crippen LogP contribution in [0.3, 0.4) is 0 Å². The van der Waals surface area contributed by atoms with E-state index < -0.39 is 0 Å². The van der Waals surface area contributed by atoms with Gasteiger partial charge in [0.05, 0.1) is 0 Å². The van der Waals surface area contributed by atoms with E-state index in [0.717, 1.165) is 12.0 Å². The molecule has 0 bridgehead atoms. The highest BCUT2D eigenvalue weighted by molar-refractivity contribution is 4.81. The van der Waals surface area contributed by atoms with Gasteiger partial charge in [-0.2, -0.15) is 0 Å².